The van der Waals surface area contributed by atoms with Crippen LogP contribution in [0.25, 0.3) is 0 Å². The van der Waals surface area contributed by atoms with E-state index >= 15 is 0 Å². The second kappa shape index (κ2) is 19.8. The van der Waals surface area contributed by atoms with Crippen molar-refractivity contribution in [3.63, 3.8) is 0 Å². The van der Waals surface area contributed by atoms with E-state index in [4.69, 9.17) is 23.7 Å². The molecule has 3 N–H and O–H groups in total. The number of aliphatic hydroxyl groups excluding tert-OH is 2. The Hall–Kier alpha value is -2.32. The van der Waals surface area contributed by atoms with Gasteiger partial charge in [-0.25, -0.2) is 4.79 Å². The van der Waals surface area contributed by atoms with Gasteiger partial charge in [0.2, 0.25) is 0 Å². The van der Waals surface area contributed by atoms with Gasteiger partial charge < -0.3 is 43.9 Å². The molecule has 1 amide bonds. The van der Waals surface area contributed by atoms with Crippen molar-refractivity contribution in [2.45, 2.75) is 161 Å². The van der Waals surface area contributed by atoms with Crippen molar-refractivity contribution in [1.29, 1.82) is 0 Å². The maximum Gasteiger partial charge on any atom is 0.410 e. The van der Waals surface area contributed by atoms with E-state index in [-0.39, 0.29) is 43.3 Å². The molecule has 3 heterocycles. The van der Waals surface area contributed by atoms with Gasteiger partial charge in [-0.05, 0) is 79.4 Å². The molecule has 298 valence electrons. The standard InChI is InChI=1S/C40H68N2O10/c1-11-32(44)29(7)37-33(49-37)25-39(9,47)18-13-14-27(5)36-28(6)15-16-34(50-38(46)42-22-20-41(21-23-42)26(3)4)40(10,52-30(8)48-12-2)19-17-31(43)24-35(45)51-36/h13-16,18,26,28-34,36-37,43-44,47H,11-12,17,19-25H2,1-10H3. The van der Waals surface area contributed by atoms with Gasteiger partial charge in [-0.1, -0.05) is 45.1 Å². The summed E-state index contributed by atoms with van der Waals surface area (Å²) in [5.41, 5.74) is -1.52. The lowest BCUT2D eigenvalue weighted by atomic mass is 9.88. The van der Waals surface area contributed by atoms with Gasteiger partial charge in [-0.2, -0.15) is 0 Å². The fraction of sp³-hybridized carbons (Fsp3) is 0.800. The third-order valence-electron chi connectivity index (χ3n) is 10.7. The van der Waals surface area contributed by atoms with Gasteiger partial charge in [-0.3, -0.25) is 9.69 Å². The van der Waals surface area contributed by atoms with Crippen molar-refractivity contribution in [1.82, 2.24) is 9.80 Å². The number of hydrogen-bond donors (Lipinski definition) is 3. The Morgan fingerprint density at radius 3 is 2.44 bits per heavy atom. The van der Waals surface area contributed by atoms with Gasteiger partial charge in [0.15, 0.2) is 12.4 Å². The van der Waals surface area contributed by atoms with E-state index < -0.39 is 54.0 Å². The van der Waals surface area contributed by atoms with Gasteiger partial charge >= 0.3 is 12.1 Å². The van der Waals surface area contributed by atoms with Crippen LogP contribution in [0.4, 0.5) is 4.79 Å². The highest BCUT2D eigenvalue weighted by atomic mass is 16.7. The Morgan fingerprint density at radius 1 is 1.15 bits per heavy atom. The smallest absolute Gasteiger partial charge is 0.410 e. The predicted octanol–water partition coefficient (Wildman–Crippen LogP) is 5.14. The lowest BCUT2D eigenvalue weighted by Gasteiger charge is -2.41. The van der Waals surface area contributed by atoms with Crippen LogP contribution in [0.2, 0.25) is 0 Å². The predicted molar refractivity (Wildman–Crippen MR) is 199 cm³/mol. The van der Waals surface area contributed by atoms with Crippen LogP contribution in [0.5, 0.6) is 0 Å². The molecule has 3 rings (SSSR count). The van der Waals surface area contributed by atoms with E-state index in [9.17, 15) is 24.9 Å². The maximum absolute atomic E-state index is 13.6. The van der Waals surface area contributed by atoms with E-state index in [0.29, 0.717) is 38.6 Å². The minimum atomic E-state index is -1.16. The van der Waals surface area contributed by atoms with Crippen LogP contribution in [0.1, 0.15) is 101 Å². The van der Waals surface area contributed by atoms with Crippen molar-refractivity contribution in [2.75, 3.05) is 32.8 Å². The molecule has 3 aliphatic heterocycles. The van der Waals surface area contributed by atoms with Crippen LogP contribution >= 0.6 is 0 Å². The number of epoxide rings is 1. The van der Waals surface area contributed by atoms with Crippen LogP contribution in [-0.2, 0) is 28.5 Å². The zero-order valence-electron chi connectivity index (χ0n) is 33.3. The van der Waals surface area contributed by atoms with Crippen LogP contribution in [0.15, 0.2) is 36.0 Å². The molecule has 0 saturated carbocycles. The van der Waals surface area contributed by atoms with Gasteiger partial charge in [-0.15, -0.1) is 0 Å². The van der Waals surface area contributed by atoms with Crippen LogP contribution < -0.4 is 0 Å². The number of allylic oxidation sites excluding steroid dienone is 2. The van der Waals surface area contributed by atoms with Crippen molar-refractivity contribution in [3.8, 4) is 0 Å². The molecule has 0 aromatic carbocycles. The van der Waals surface area contributed by atoms with Crippen molar-refractivity contribution in [3.05, 3.63) is 36.0 Å². The summed E-state index contributed by atoms with van der Waals surface area (Å²) in [6.45, 7) is 22.2. The van der Waals surface area contributed by atoms with Crippen LogP contribution in [0.3, 0.4) is 0 Å². The number of amides is 1. The molecule has 0 radical (unpaired) electrons. The molecular weight excluding hydrogens is 668 g/mol. The Labute approximate surface area is 312 Å². The first-order valence-corrected chi connectivity index (χ1v) is 19.4. The number of carbonyl (C=O) groups excluding carboxylic acids is 2. The second-order valence-electron chi connectivity index (χ2n) is 15.7. The molecule has 12 nitrogen and oxygen atoms in total. The van der Waals surface area contributed by atoms with Gasteiger partial charge in [0.1, 0.15) is 11.7 Å². The number of ether oxygens (including phenoxy) is 5. The largest absolute Gasteiger partial charge is 0.457 e. The lowest BCUT2D eigenvalue weighted by Crippen LogP contribution is -2.53. The molecule has 2 fully saturated rings. The molecule has 0 bridgehead atoms. The highest BCUT2D eigenvalue weighted by Gasteiger charge is 2.47. The zero-order chi connectivity index (χ0) is 38.8. The Balaban J connectivity index is 1.85. The van der Waals surface area contributed by atoms with E-state index in [1.165, 1.54) is 0 Å². The molecule has 0 aromatic rings. The molecule has 0 aliphatic carbocycles. The van der Waals surface area contributed by atoms with Crippen molar-refractivity contribution >= 4 is 12.1 Å². The first-order chi connectivity index (χ1) is 24.4. The molecule has 2 saturated heterocycles. The van der Waals surface area contributed by atoms with Crippen molar-refractivity contribution in [2.24, 2.45) is 11.8 Å². The van der Waals surface area contributed by atoms with E-state index in [2.05, 4.69) is 18.7 Å². The lowest BCUT2D eigenvalue weighted by molar-refractivity contribution is -0.222. The monoisotopic (exact) mass is 736 g/mol. The number of carbonyl (C=O) groups is 2. The fourth-order valence-corrected chi connectivity index (χ4v) is 7.17. The summed E-state index contributed by atoms with van der Waals surface area (Å²) in [5.74, 6) is -0.903. The molecule has 0 spiro atoms. The number of piperazine rings is 1. The molecular formula is C40H68N2O10. The number of esters is 1. The normalized spacial score (nSPS) is 32.8. The Morgan fingerprint density at radius 2 is 1.83 bits per heavy atom. The minimum absolute atomic E-state index is 0.0122. The van der Waals surface area contributed by atoms with E-state index in [0.717, 1.165) is 18.7 Å². The highest BCUT2D eigenvalue weighted by Crippen LogP contribution is 2.38. The average molecular weight is 737 g/mol. The second-order valence-corrected chi connectivity index (χ2v) is 15.7. The summed E-state index contributed by atoms with van der Waals surface area (Å²) in [6.07, 6.45) is 5.97. The number of hydrogen-bond acceptors (Lipinski definition) is 11. The molecule has 12 heteroatoms. The third-order valence-corrected chi connectivity index (χ3v) is 10.7. The fourth-order valence-electron chi connectivity index (χ4n) is 7.17. The summed E-state index contributed by atoms with van der Waals surface area (Å²) in [7, 11) is 0. The summed E-state index contributed by atoms with van der Waals surface area (Å²) >= 11 is 0. The molecule has 0 aromatic heterocycles. The number of aliphatic hydroxyl groups is 3. The Kier molecular flexibility index (Phi) is 16.8. The van der Waals surface area contributed by atoms with E-state index in [1.807, 2.05) is 47.6 Å². The molecule has 11 atom stereocenters. The molecule has 11 unspecified atom stereocenters. The zero-order valence-corrected chi connectivity index (χ0v) is 33.3. The molecule has 52 heavy (non-hydrogen) atoms. The number of nitrogens with zero attached hydrogens (tertiary/aromatic N) is 2. The van der Waals surface area contributed by atoms with Crippen LogP contribution in [-0.4, -0.2) is 130 Å². The summed E-state index contributed by atoms with van der Waals surface area (Å²) in [4.78, 5) is 30.8. The van der Waals surface area contributed by atoms with Crippen LogP contribution in [0, 0.1) is 11.8 Å². The van der Waals surface area contributed by atoms with Crippen molar-refractivity contribution < 1.29 is 48.6 Å². The van der Waals surface area contributed by atoms with Gasteiger partial charge in [0.05, 0.1) is 36.4 Å². The van der Waals surface area contributed by atoms with Gasteiger partial charge in [0.25, 0.3) is 0 Å². The Bertz CT molecular complexity index is 1230. The van der Waals surface area contributed by atoms with E-state index in [1.54, 1.807) is 43.1 Å². The summed E-state index contributed by atoms with van der Waals surface area (Å²) in [6, 6.07) is 0.389. The first-order valence-electron chi connectivity index (χ1n) is 19.4. The minimum Gasteiger partial charge on any atom is -0.457 e. The molecule has 3 aliphatic rings. The van der Waals surface area contributed by atoms with Gasteiger partial charge in [0, 0.05) is 57.1 Å². The topological polar surface area (TPSA) is 151 Å². The quantitative estimate of drug-likeness (QED) is 0.0715. The summed E-state index contributed by atoms with van der Waals surface area (Å²) < 4.78 is 30.1. The first kappa shape index (κ1) is 44.1. The highest BCUT2D eigenvalue weighted by molar-refractivity contribution is 5.70. The number of rotatable bonds is 14. The average Bonchev–Trinajstić information content (AvgIpc) is 3.84. The maximum atomic E-state index is 13.6. The third kappa shape index (κ3) is 13.2. The SMILES string of the molecule is CCOC(C)OC1(C)CCC(O)CC(=O)OC(C(C)=CC=CC(C)(O)CC2OC2C(C)C(O)CC)C(C)C=CC1OC(=O)N1CCN(C(C)C)CC1. The summed E-state index contributed by atoms with van der Waals surface area (Å²) in [5, 5.41) is 32.3. The number of cyclic esters (lactones) is 1.